The van der Waals surface area contributed by atoms with Crippen molar-refractivity contribution >= 4 is 11.8 Å². The van der Waals surface area contributed by atoms with Crippen molar-refractivity contribution in [2.75, 3.05) is 13.2 Å². The van der Waals surface area contributed by atoms with Gasteiger partial charge in [-0.05, 0) is 29.6 Å². The predicted octanol–water partition coefficient (Wildman–Crippen LogP) is 3.73. The first-order chi connectivity index (χ1) is 6.36. The van der Waals surface area contributed by atoms with E-state index in [0.717, 1.165) is 32.5 Å². The summed E-state index contributed by atoms with van der Waals surface area (Å²) in [4.78, 5) is 2.99. The molecule has 0 aromatic heterocycles. The fourth-order valence-corrected chi connectivity index (χ4v) is 2.29. The van der Waals surface area contributed by atoms with Crippen LogP contribution < -0.4 is 0 Å². The molecule has 74 valence electrons. The molecule has 0 spiro atoms. The molecule has 0 aromatic rings. The van der Waals surface area contributed by atoms with Crippen molar-refractivity contribution in [2.45, 2.75) is 33.1 Å². The second-order valence-electron chi connectivity index (χ2n) is 2.98. The molecule has 0 bridgehead atoms. The van der Waals surface area contributed by atoms with Crippen molar-refractivity contribution in [3.8, 4) is 0 Å². The highest BCUT2D eigenvalue weighted by atomic mass is 32.2. The molecule has 0 radical (unpaired) electrons. The van der Waals surface area contributed by atoms with E-state index in [0.29, 0.717) is 0 Å². The van der Waals surface area contributed by atoms with E-state index in [4.69, 9.17) is 4.74 Å². The molecule has 0 unspecified atom stereocenters. The zero-order valence-electron chi connectivity index (χ0n) is 8.51. The Kier molecular flexibility index (Phi) is 5.25. The summed E-state index contributed by atoms with van der Waals surface area (Å²) in [5, 5.41) is 0. The minimum absolute atomic E-state index is 0.828. The average molecular weight is 198 g/mol. The first-order valence-corrected chi connectivity index (χ1v) is 5.82. The van der Waals surface area contributed by atoms with Crippen LogP contribution in [0.15, 0.2) is 22.0 Å². The Balaban J connectivity index is 2.24. The molecule has 0 atom stereocenters. The van der Waals surface area contributed by atoms with E-state index in [1.807, 2.05) is 18.7 Å². The van der Waals surface area contributed by atoms with Gasteiger partial charge in [0.05, 0.1) is 6.61 Å². The van der Waals surface area contributed by atoms with Gasteiger partial charge in [0.25, 0.3) is 0 Å². The van der Waals surface area contributed by atoms with Gasteiger partial charge in [-0.15, -0.1) is 0 Å². The Labute approximate surface area is 85.2 Å². The molecule has 1 nitrogen and oxygen atoms in total. The average Bonchev–Trinajstić information content (AvgIpc) is 2.19. The van der Waals surface area contributed by atoms with Crippen LogP contribution in [0.2, 0.25) is 0 Å². The van der Waals surface area contributed by atoms with Crippen LogP contribution in [0.1, 0.15) is 33.1 Å². The third-order valence-corrected chi connectivity index (χ3v) is 3.35. The number of hydrogen-bond acceptors (Lipinski definition) is 2. The molecule has 0 amide bonds. The molecule has 0 aliphatic carbocycles. The third-order valence-electron chi connectivity index (χ3n) is 2.00. The van der Waals surface area contributed by atoms with Crippen LogP contribution >= 0.6 is 11.8 Å². The van der Waals surface area contributed by atoms with Gasteiger partial charge in [-0.1, -0.05) is 30.8 Å². The van der Waals surface area contributed by atoms with Crippen LogP contribution in [-0.4, -0.2) is 13.2 Å². The number of rotatable bonds is 5. The predicted molar refractivity (Wildman–Crippen MR) is 59.8 cm³/mol. The second-order valence-corrected chi connectivity index (χ2v) is 4.23. The maximum absolute atomic E-state index is 5.33. The number of allylic oxidation sites excluding steroid dienone is 3. The van der Waals surface area contributed by atoms with Crippen LogP contribution in [0.25, 0.3) is 0 Å². The van der Waals surface area contributed by atoms with Gasteiger partial charge in [0.1, 0.15) is 0 Å². The van der Waals surface area contributed by atoms with E-state index in [1.54, 1.807) is 0 Å². The first-order valence-electron chi connectivity index (χ1n) is 5.00. The highest BCUT2D eigenvalue weighted by Gasteiger charge is 2.05. The summed E-state index contributed by atoms with van der Waals surface area (Å²) in [6, 6.07) is 0. The van der Waals surface area contributed by atoms with Gasteiger partial charge in [0.15, 0.2) is 0 Å². The summed E-state index contributed by atoms with van der Waals surface area (Å²) in [5.41, 5.74) is 0. The lowest BCUT2D eigenvalue weighted by atomic mass is 10.3. The van der Waals surface area contributed by atoms with E-state index in [2.05, 4.69) is 19.1 Å². The number of hydrogen-bond donors (Lipinski definition) is 0. The summed E-state index contributed by atoms with van der Waals surface area (Å²) in [7, 11) is 0. The fourth-order valence-electron chi connectivity index (χ4n) is 1.26. The lowest BCUT2D eigenvalue weighted by molar-refractivity contribution is 0.152. The highest BCUT2D eigenvalue weighted by molar-refractivity contribution is 8.06. The van der Waals surface area contributed by atoms with Crippen molar-refractivity contribution in [1.82, 2.24) is 0 Å². The molecular formula is C11H18OS. The minimum Gasteiger partial charge on any atom is -0.381 e. The van der Waals surface area contributed by atoms with Crippen LogP contribution in [0.4, 0.5) is 0 Å². The molecule has 0 aromatic carbocycles. The Hall–Kier alpha value is -0.210. The molecule has 13 heavy (non-hydrogen) atoms. The number of thioether (sulfide) groups is 1. The molecule has 0 saturated carbocycles. The molecule has 0 N–H and O–H groups in total. The molecule has 0 fully saturated rings. The first kappa shape index (κ1) is 10.9. The highest BCUT2D eigenvalue weighted by Crippen LogP contribution is 2.33. The molecule has 0 saturated heterocycles. The zero-order chi connectivity index (χ0) is 9.52. The summed E-state index contributed by atoms with van der Waals surface area (Å²) < 4.78 is 5.33. The second kappa shape index (κ2) is 6.28. The molecule has 1 rings (SSSR count). The molecule has 1 aliphatic rings. The van der Waals surface area contributed by atoms with Gasteiger partial charge in [-0.2, -0.15) is 0 Å². The summed E-state index contributed by atoms with van der Waals surface area (Å²) >= 11 is 1.92. The van der Waals surface area contributed by atoms with Gasteiger partial charge in [-0.3, -0.25) is 0 Å². The Morgan fingerprint density at radius 3 is 2.77 bits per heavy atom. The Bertz CT molecular complexity index is 206. The smallest absolute Gasteiger partial charge is 0.0511 e. The van der Waals surface area contributed by atoms with Gasteiger partial charge < -0.3 is 4.74 Å². The van der Waals surface area contributed by atoms with E-state index in [9.17, 15) is 0 Å². The standard InChI is InChI=1S/C11H18OS/c1-3-10-6-5-7-11(13-10)8-9-12-4-2/h6-7H,3-5,8-9H2,1-2H3. The van der Waals surface area contributed by atoms with Crippen molar-refractivity contribution in [1.29, 1.82) is 0 Å². The molecule has 1 aliphatic heterocycles. The van der Waals surface area contributed by atoms with Crippen LogP contribution in [-0.2, 0) is 4.74 Å². The van der Waals surface area contributed by atoms with Gasteiger partial charge >= 0.3 is 0 Å². The van der Waals surface area contributed by atoms with Gasteiger partial charge in [0.2, 0.25) is 0 Å². The SMILES string of the molecule is CCOCCC1=CCC=C(CC)S1. The molecule has 1 heterocycles. The molecule has 2 heteroatoms. The number of ether oxygens (including phenoxy) is 1. The van der Waals surface area contributed by atoms with Crippen molar-refractivity contribution in [2.24, 2.45) is 0 Å². The van der Waals surface area contributed by atoms with Crippen molar-refractivity contribution in [3.05, 3.63) is 22.0 Å². The lowest BCUT2D eigenvalue weighted by Gasteiger charge is -2.13. The lowest BCUT2D eigenvalue weighted by Crippen LogP contribution is -1.95. The third kappa shape index (κ3) is 4.01. The van der Waals surface area contributed by atoms with E-state index in [1.165, 1.54) is 9.81 Å². The van der Waals surface area contributed by atoms with Gasteiger partial charge in [-0.25, -0.2) is 0 Å². The van der Waals surface area contributed by atoms with Gasteiger partial charge in [0, 0.05) is 13.0 Å². The quantitative estimate of drug-likeness (QED) is 0.622. The minimum atomic E-state index is 0.828. The van der Waals surface area contributed by atoms with Crippen LogP contribution in [0, 0.1) is 0 Å². The Morgan fingerprint density at radius 2 is 2.08 bits per heavy atom. The largest absolute Gasteiger partial charge is 0.381 e. The van der Waals surface area contributed by atoms with Crippen LogP contribution in [0.5, 0.6) is 0 Å². The van der Waals surface area contributed by atoms with E-state index < -0.39 is 0 Å². The van der Waals surface area contributed by atoms with Crippen molar-refractivity contribution < 1.29 is 4.74 Å². The summed E-state index contributed by atoms with van der Waals surface area (Å²) in [5.74, 6) is 0. The maximum Gasteiger partial charge on any atom is 0.0511 e. The van der Waals surface area contributed by atoms with Crippen LogP contribution in [0.3, 0.4) is 0 Å². The molecular weight excluding hydrogens is 180 g/mol. The Morgan fingerprint density at radius 1 is 1.31 bits per heavy atom. The topological polar surface area (TPSA) is 9.23 Å². The van der Waals surface area contributed by atoms with E-state index >= 15 is 0 Å². The maximum atomic E-state index is 5.33. The van der Waals surface area contributed by atoms with E-state index in [-0.39, 0.29) is 0 Å². The summed E-state index contributed by atoms with van der Waals surface area (Å²) in [6.45, 7) is 5.95. The normalized spacial score (nSPS) is 16.8. The fraction of sp³-hybridized carbons (Fsp3) is 0.636. The van der Waals surface area contributed by atoms with Crippen molar-refractivity contribution in [3.63, 3.8) is 0 Å². The zero-order valence-corrected chi connectivity index (χ0v) is 9.32. The summed E-state index contributed by atoms with van der Waals surface area (Å²) in [6.07, 6.45) is 7.97. The monoisotopic (exact) mass is 198 g/mol.